The van der Waals surface area contributed by atoms with Crippen molar-refractivity contribution >= 4 is 5.84 Å². The fourth-order valence-corrected chi connectivity index (χ4v) is 1.22. The largest absolute Gasteiger partial charge is 0.488 e. The quantitative estimate of drug-likeness (QED) is 0.453. The number of hydrogen-bond acceptors (Lipinski definition) is 3. The van der Waals surface area contributed by atoms with Crippen LogP contribution in [0.4, 0.5) is 4.39 Å². The summed E-state index contributed by atoms with van der Waals surface area (Å²) in [5, 5.41) is 7.17. The zero-order valence-corrected chi connectivity index (χ0v) is 10.00. The zero-order chi connectivity index (χ0) is 12.8. The molecule has 0 saturated heterocycles. The lowest BCUT2D eigenvalue weighted by molar-refractivity contribution is 0.0544. The fourth-order valence-electron chi connectivity index (χ4n) is 1.22. The van der Waals surface area contributed by atoms with E-state index in [9.17, 15) is 4.39 Å². The minimum absolute atomic E-state index is 0.128. The van der Waals surface area contributed by atoms with Gasteiger partial charge in [0.05, 0.1) is 12.7 Å². The van der Waals surface area contributed by atoms with Gasteiger partial charge in [-0.3, -0.25) is 5.41 Å². The maximum absolute atomic E-state index is 13.5. The molecule has 1 aromatic carbocycles. The van der Waals surface area contributed by atoms with Crippen molar-refractivity contribution in [3.63, 3.8) is 0 Å². The van der Waals surface area contributed by atoms with Gasteiger partial charge in [0.1, 0.15) is 12.4 Å². The molecule has 1 aromatic rings. The molecule has 3 N–H and O–H groups in total. The molecular weight excluding hydrogens is 223 g/mol. The minimum atomic E-state index is -0.526. The third kappa shape index (κ3) is 4.40. The summed E-state index contributed by atoms with van der Waals surface area (Å²) in [6, 6.07) is 4.19. The van der Waals surface area contributed by atoms with Gasteiger partial charge in [-0.1, -0.05) is 0 Å². The van der Waals surface area contributed by atoms with Crippen LogP contribution in [-0.4, -0.2) is 25.2 Å². The summed E-state index contributed by atoms with van der Waals surface area (Å²) in [7, 11) is 0. The number of amidine groups is 1. The van der Waals surface area contributed by atoms with Gasteiger partial charge in [0.2, 0.25) is 0 Å². The summed E-state index contributed by atoms with van der Waals surface area (Å²) in [6.07, 6.45) is 0.128. The summed E-state index contributed by atoms with van der Waals surface area (Å²) < 4.78 is 24.0. The Morgan fingerprint density at radius 1 is 1.41 bits per heavy atom. The normalized spacial score (nSPS) is 10.6. The van der Waals surface area contributed by atoms with E-state index in [1.807, 2.05) is 13.8 Å². The van der Waals surface area contributed by atoms with Gasteiger partial charge >= 0.3 is 0 Å². The molecule has 5 heteroatoms. The van der Waals surface area contributed by atoms with Crippen molar-refractivity contribution in [3.05, 3.63) is 29.6 Å². The van der Waals surface area contributed by atoms with Crippen LogP contribution in [0, 0.1) is 11.2 Å². The van der Waals surface area contributed by atoms with Crippen molar-refractivity contribution < 1.29 is 13.9 Å². The smallest absolute Gasteiger partial charge is 0.165 e. The highest BCUT2D eigenvalue weighted by Crippen LogP contribution is 2.18. The first-order valence-electron chi connectivity index (χ1n) is 5.39. The van der Waals surface area contributed by atoms with Gasteiger partial charge in [-0.25, -0.2) is 4.39 Å². The summed E-state index contributed by atoms with van der Waals surface area (Å²) >= 11 is 0. The van der Waals surface area contributed by atoms with Gasteiger partial charge in [-0.05, 0) is 32.0 Å². The Kier molecular flexibility index (Phi) is 4.90. The molecule has 0 unspecified atom stereocenters. The maximum Gasteiger partial charge on any atom is 0.165 e. The van der Waals surface area contributed by atoms with Crippen molar-refractivity contribution in [2.45, 2.75) is 20.0 Å². The first-order chi connectivity index (χ1) is 8.00. The molecule has 0 aliphatic rings. The molecule has 0 aliphatic heterocycles. The first kappa shape index (κ1) is 13.4. The van der Waals surface area contributed by atoms with E-state index >= 15 is 0 Å². The highest BCUT2D eigenvalue weighted by atomic mass is 19.1. The number of halogens is 1. The predicted molar refractivity (Wildman–Crippen MR) is 64.0 cm³/mol. The van der Waals surface area contributed by atoms with Gasteiger partial charge in [0.25, 0.3) is 0 Å². The molecule has 17 heavy (non-hydrogen) atoms. The van der Waals surface area contributed by atoms with Crippen LogP contribution in [-0.2, 0) is 4.74 Å². The Labute approximate surface area is 100 Å². The Morgan fingerprint density at radius 2 is 2.12 bits per heavy atom. The molecule has 0 aromatic heterocycles. The van der Waals surface area contributed by atoms with E-state index in [1.165, 1.54) is 12.1 Å². The van der Waals surface area contributed by atoms with E-state index < -0.39 is 5.82 Å². The van der Waals surface area contributed by atoms with Crippen LogP contribution in [0.3, 0.4) is 0 Å². The van der Waals surface area contributed by atoms with E-state index in [4.69, 9.17) is 20.6 Å². The van der Waals surface area contributed by atoms with Crippen LogP contribution < -0.4 is 10.5 Å². The van der Waals surface area contributed by atoms with E-state index in [0.717, 1.165) is 0 Å². The number of hydrogen-bond donors (Lipinski definition) is 2. The lowest BCUT2D eigenvalue weighted by Gasteiger charge is -2.10. The van der Waals surface area contributed by atoms with Crippen LogP contribution >= 0.6 is 0 Å². The molecule has 0 amide bonds. The minimum Gasteiger partial charge on any atom is -0.488 e. The van der Waals surface area contributed by atoms with E-state index in [-0.39, 0.29) is 24.3 Å². The van der Waals surface area contributed by atoms with Gasteiger partial charge in [-0.2, -0.15) is 0 Å². The second-order valence-corrected chi connectivity index (χ2v) is 3.83. The third-order valence-corrected chi connectivity index (χ3v) is 2.03. The van der Waals surface area contributed by atoms with Crippen LogP contribution in [0.5, 0.6) is 5.75 Å². The molecule has 0 bridgehead atoms. The zero-order valence-electron chi connectivity index (χ0n) is 10.00. The molecule has 0 saturated carbocycles. The number of nitrogen functional groups attached to an aromatic ring is 1. The highest BCUT2D eigenvalue weighted by molar-refractivity contribution is 5.95. The summed E-state index contributed by atoms with van der Waals surface area (Å²) in [4.78, 5) is 0. The number of ether oxygens (including phenoxy) is 2. The van der Waals surface area contributed by atoms with Crippen LogP contribution in [0.2, 0.25) is 0 Å². The van der Waals surface area contributed by atoms with Gasteiger partial charge < -0.3 is 15.2 Å². The molecule has 94 valence electrons. The van der Waals surface area contributed by atoms with Crippen molar-refractivity contribution in [2.24, 2.45) is 5.73 Å². The SMILES string of the molecule is CC(C)OCCOc1ccc(C(=N)N)cc1F. The Morgan fingerprint density at radius 3 is 2.65 bits per heavy atom. The van der Waals surface area contributed by atoms with Crippen molar-refractivity contribution in [3.8, 4) is 5.75 Å². The average molecular weight is 240 g/mol. The number of nitrogens with two attached hydrogens (primary N) is 1. The summed E-state index contributed by atoms with van der Waals surface area (Å²) in [6.45, 7) is 4.53. The van der Waals surface area contributed by atoms with E-state index in [0.29, 0.717) is 12.2 Å². The Balaban J connectivity index is 2.52. The number of benzene rings is 1. The first-order valence-corrected chi connectivity index (χ1v) is 5.39. The molecule has 0 fully saturated rings. The molecular formula is C12H17FN2O2. The number of rotatable bonds is 6. The molecule has 4 nitrogen and oxygen atoms in total. The topological polar surface area (TPSA) is 68.3 Å². The summed E-state index contributed by atoms with van der Waals surface area (Å²) in [5.74, 6) is -0.553. The van der Waals surface area contributed by atoms with E-state index in [2.05, 4.69) is 0 Å². The maximum atomic E-state index is 13.5. The van der Waals surface area contributed by atoms with Crippen LogP contribution in [0.1, 0.15) is 19.4 Å². The molecule has 0 aliphatic carbocycles. The molecule has 0 heterocycles. The fraction of sp³-hybridized carbons (Fsp3) is 0.417. The highest BCUT2D eigenvalue weighted by Gasteiger charge is 2.06. The second-order valence-electron chi connectivity index (χ2n) is 3.83. The van der Waals surface area contributed by atoms with Crippen molar-refractivity contribution in [1.82, 2.24) is 0 Å². The molecule has 0 atom stereocenters. The van der Waals surface area contributed by atoms with Gasteiger partial charge in [0, 0.05) is 5.56 Å². The molecule has 1 rings (SSSR count). The Hall–Kier alpha value is -1.62. The van der Waals surface area contributed by atoms with Crippen molar-refractivity contribution in [1.29, 1.82) is 5.41 Å². The monoisotopic (exact) mass is 240 g/mol. The Bertz CT molecular complexity index is 394. The van der Waals surface area contributed by atoms with Crippen LogP contribution in [0.25, 0.3) is 0 Å². The second kappa shape index (κ2) is 6.20. The lowest BCUT2D eigenvalue weighted by atomic mass is 10.2. The van der Waals surface area contributed by atoms with Crippen molar-refractivity contribution in [2.75, 3.05) is 13.2 Å². The third-order valence-electron chi connectivity index (χ3n) is 2.03. The number of nitrogens with one attached hydrogen (secondary N) is 1. The van der Waals surface area contributed by atoms with Gasteiger partial charge in [0.15, 0.2) is 11.6 Å². The van der Waals surface area contributed by atoms with Crippen LogP contribution in [0.15, 0.2) is 18.2 Å². The average Bonchev–Trinajstić information content (AvgIpc) is 2.25. The standard InChI is InChI=1S/C12H17FN2O2/c1-8(2)16-5-6-17-11-4-3-9(12(14)15)7-10(11)13/h3-4,7-8H,5-6H2,1-2H3,(H3,14,15). The molecule has 0 spiro atoms. The van der Waals surface area contributed by atoms with E-state index in [1.54, 1.807) is 6.07 Å². The predicted octanol–water partition coefficient (Wildman–Crippen LogP) is 1.91. The van der Waals surface area contributed by atoms with Gasteiger partial charge in [-0.15, -0.1) is 0 Å². The summed E-state index contributed by atoms with van der Waals surface area (Å²) in [5.41, 5.74) is 5.58. The molecule has 0 radical (unpaired) electrons. The lowest BCUT2D eigenvalue weighted by Crippen LogP contribution is -2.13.